The van der Waals surface area contributed by atoms with Crippen LogP contribution in [0.4, 0.5) is 0 Å². The van der Waals surface area contributed by atoms with Gasteiger partial charge in [-0.25, -0.2) is 0 Å². The average Bonchev–Trinajstić information content (AvgIpc) is 2.58. The molecule has 0 radical (unpaired) electrons. The van der Waals surface area contributed by atoms with Gasteiger partial charge in [0.05, 0.1) is 0 Å². The molecule has 1 aliphatic rings. The zero-order valence-corrected chi connectivity index (χ0v) is 12.9. The van der Waals surface area contributed by atoms with E-state index in [9.17, 15) is 19.2 Å². The van der Waals surface area contributed by atoms with Crippen LogP contribution in [0.15, 0.2) is 48.5 Å². The van der Waals surface area contributed by atoms with Crippen molar-refractivity contribution in [2.24, 2.45) is 0 Å². The molecule has 6 nitrogen and oxygen atoms in total. The van der Waals surface area contributed by atoms with Crippen molar-refractivity contribution < 1.29 is 24.3 Å². The van der Waals surface area contributed by atoms with Gasteiger partial charge in [0.15, 0.2) is 11.6 Å². The van der Waals surface area contributed by atoms with Gasteiger partial charge in [-0.1, -0.05) is 48.5 Å². The Bertz CT molecular complexity index is 706. The minimum Gasteiger partial charge on any atom is -0.480 e. The number of aliphatic carboxylic acids is 1. The van der Waals surface area contributed by atoms with Gasteiger partial charge in [0, 0.05) is 29.2 Å². The molecule has 2 aromatic carbocycles. The number of carboxylic acids is 1. The molecule has 1 amide bonds. The third kappa shape index (κ3) is 3.73. The van der Waals surface area contributed by atoms with Crippen molar-refractivity contribution in [1.82, 2.24) is 5.32 Å². The highest BCUT2D eigenvalue weighted by atomic mass is 16.4. The summed E-state index contributed by atoms with van der Waals surface area (Å²) in [7, 11) is 0. The molecule has 24 heavy (non-hydrogen) atoms. The van der Waals surface area contributed by atoms with Gasteiger partial charge in [-0.15, -0.1) is 0 Å². The third-order valence-corrected chi connectivity index (χ3v) is 3.32. The van der Waals surface area contributed by atoms with Crippen LogP contribution in [0.1, 0.15) is 38.8 Å². The summed E-state index contributed by atoms with van der Waals surface area (Å²) in [4.78, 5) is 43.9. The van der Waals surface area contributed by atoms with E-state index < -0.39 is 5.97 Å². The van der Waals surface area contributed by atoms with Crippen molar-refractivity contribution >= 4 is 23.4 Å². The molecule has 0 heterocycles. The van der Waals surface area contributed by atoms with Gasteiger partial charge in [-0.05, 0) is 0 Å². The smallest absolute Gasteiger partial charge is 0.322 e. The number of carbonyl (C=O) groups is 4. The summed E-state index contributed by atoms with van der Waals surface area (Å²) in [5.41, 5.74) is 2.02. The van der Waals surface area contributed by atoms with Gasteiger partial charge >= 0.3 is 5.97 Å². The maximum absolute atomic E-state index is 12.1. The molecular formula is C18H15NO5. The zero-order valence-electron chi connectivity index (χ0n) is 12.9. The number of benzene rings is 2. The van der Waals surface area contributed by atoms with Gasteiger partial charge in [-0.3, -0.25) is 19.2 Å². The van der Waals surface area contributed by atoms with Crippen LogP contribution in [0.3, 0.4) is 0 Å². The molecule has 122 valence electrons. The molecule has 0 atom stereocenters. The van der Waals surface area contributed by atoms with Gasteiger partial charge in [0.25, 0.3) is 0 Å². The monoisotopic (exact) mass is 325 g/mol. The quantitative estimate of drug-likeness (QED) is 0.746. The Morgan fingerprint density at radius 2 is 1.17 bits per heavy atom. The standard InChI is InChI=1S/C14H8O2.C4H7NO3/c15-13-9-5-1-2-6-10(9)14(16)12-8-4-3-7-11(12)13;1-3(6)5-2-4(7)8/h1-8H;2H2,1H3,(H,5,6)(H,7,8). The van der Waals surface area contributed by atoms with E-state index in [4.69, 9.17) is 5.11 Å². The van der Waals surface area contributed by atoms with Crippen molar-refractivity contribution in [3.63, 3.8) is 0 Å². The SMILES string of the molecule is CC(=O)NCC(=O)O.O=C1c2ccccc2C(=O)c2ccccc21. The van der Waals surface area contributed by atoms with Crippen molar-refractivity contribution in [3.8, 4) is 0 Å². The maximum atomic E-state index is 12.1. The number of rotatable bonds is 2. The summed E-state index contributed by atoms with van der Waals surface area (Å²) in [6, 6.07) is 13.9. The first kappa shape index (κ1) is 17.1. The number of hydrogen-bond acceptors (Lipinski definition) is 4. The highest BCUT2D eigenvalue weighted by Crippen LogP contribution is 2.26. The second-order valence-corrected chi connectivity index (χ2v) is 5.05. The zero-order chi connectivity index (χ0) is 17.7. The lowest BCUT2D eigenvalue weighted by molar-refractivity contribution is -0.137. The molecule has 0 aliphatic heterocycles. The number of fused-ring (bicyclic) bond motifs is 2. The molecule has 0 aromatic heterocycles. The Morgan fingerprint density at radius 1 is 0.833 bits per heavy atom. The van der Waals surface area contributed by atoms with E-state index in [1.165, 1.54) is 6.92 Å². The van der Waals surface area contributed by atoms with Crippen LogP contribution in [0.25, 0.3) is 0 Å². The summed E-state index contributed by atoms with van der Waals surface area (Å²) >= 11 is 0. The van der Waals surface area contributed by atoms with Crippen LogP contribution in [-0.4, -0.2) is 35.1 Å². The van der Waals surface area contributed by atoms with Crippen molar-refractivity contribution in [3.05, 3.63) is 70.8 Å². The summed E-state index contributed by atoms with van der Waals surface area (Å²) in [5, 5.41) is 10.1. The summed E-state index contributed by atoms with van der Waals surface area (Å²) < 4.78 is 0. The molecule has 0 spiro atoms. The topological polar surface area (TPSA) is 101 Å². The van der Waals surface area contributed by atoms with E-state index >= 15 is 0 Å². The lowest BCUT2D eigenvalue weighted by Crippen LogP contribution is -2.26. The van der Waals surface area contributed by atoms with E-state index in [-0.39, 0.29) is 24.0 Å². The van der Waals surface area contributed by atoms with Crippen LogP contribution in [0.2, 0.25) is 0 Å². The highest BCUT2D eigenvalue weighted by molar-refractivity contribution is 6.28. The molecule has 0 fully saturated rings. The first-order chi connectivity index (χ1) is 11.4. The average molecular weight is 325 g/mol. The van der Waals surface area contributed by atoms with Crippen LogP contribution >= 0.6 is 0 Å². The molecular weight excluding hydrogens is 310 g/mol. The third-order valence-electron chi connectivity index (χ3n) is 3.32. The largest absolute Gasteiger partial charge is 0.480 e. The predicted molar refractivity (Wildman–Crippen MR) is 86.1 cm³/mol. The number of carboxylic acid groups (broad SMARTS) is 1. The Hall–Kier alpha value is -3.28. The first-order valence-corrected chi connectivity index (χ1v) is 7.15. The van der Waals surface area contributed by atoms with E-state index in [0.717, 1.165) is 0 Å². The molecule has 2 aromatic rings. The lowest BCUT2D eigenvalue weighted by Gasteiger charge is -2.16. The molecule has 6 heteroatoms. The van der Waals surface area contributed by atoms with E-state index in [2.05, 4.69) is 5.32 Å². The Kier molecular flexibility index (Phi) is 5.21. The summed E-state index contributed by atoms with van der Waals surface area (Å²) in [5.74, 6) is -1.48. The lowest BCUT2D eigenvalue weighted by atomic mass is 9.84. The van der Waals surface area contributed by atoms with Gasteiger partial charge in [-0.2, -0.15) is 0 Å². The molecule has 0 saturated heterocycles. The Labute approximate surface area is 138 Å². The molecule has 1 aliphatic carbocycles. The minimum atomic E-state index is -1.03. The van der Waals surface area contributed by atoms with Gasteiger partial charge < -0.3 is 10.4 Å². The number of ketones is 2. The summed E-state index contributed by atoms with van der Waals surface area (Å²) in [6.07, 6.45) is 0. The van der Waals surface area contributed by atoms with Crippen LogP contribution in [0.5, 0.6) is 0 Å². The van der Waals surface area contributed by atoms with E-state index in [1.807, 2.05) is 0 Å². The molecule has 3 rings (SSSR count). The molecule has 0 unspecified atom stereocenters. The number of amides is 1. The van der Waals surface area contributed by atoms with Crippen LogP contribution in [0, 0.1) is 0 Å². The number of carbonyl (C=O) groups excluding carboxylic acids is 3. The fourth-order valence-electron chi connectivity index (χ4n) is 2.25. The second-order valence-electron chi connectivity index (χ2n) is 5.05. The van der Waals surface area contributed by atoms with Crippen molar-refractivity contribution in [2.75, 3.05) is 6.54 Å². The van der Waals surface area contributed by atoms with E-state index in [0.29, 0.717) is 22.3 Å². The first-order valence-electron chi connectivity index (χ1n) is 7.15. The Balaban J connectivity index is 0.000000224. The minimum absolute atomic E-state index is 0.0641. The maximum Gasteiger partial charge on any atom is 0.322 e. The van der Waals surface area contributed by atoms with Crippen molar-refractivity contribution in [2.45, 2.75) is 6.92 Å². The molecule has 0 saturated carbocycles. The van der Waals surface area contributed by atoms with Gasteiger partial charge in [0.2, 0.25) is 5.91 Å². The van der Waals surface area contributed by atoms with Crippen LogP contribution < -0.4 is 5.32 Å². The molecule has 0 bridgehead atoms. The normalized spacial score (nSPS) is 11.5. The molecule has 2 N–H and O–H groups in total. The Morgan fingerprint density at radius 3 is 1.38 bits per heavy atom. The number of nitrogens with one attached hydrogen (secondary N) is 1. The highest BCUT2D eigenvalue weighted by Gasteiger charge is 2.28. The van der Waals surface area contributed by atoms with E-state index in [1.54, 1.807) is 48.5 Å². The fourth-order valence-corrected chi connectivity index (χ4v) is 2.25. The second kappa shape index (κ2) is 7.32. The summed E-state index contributed by atoms with van der Waals surface area (Å²) in [6.45, 7) is 0.971. The predicted octanol–water partition coefficient (Wildman–Crippen LogP) is 1.67. The number of hydrogen-bond donors (Lipinski definition) is 2. The fraction of sp³-hybridized carbons (Fsp3) is 0.111. The van der Waals surface area contributed by atoms with Gasteiger partial charge in [0.1, 0.15) is 6.54 Å². The van der Waals surface area contributed by atoms with Crippen LogP contribution in [-0.2, 0) is 9.59 Å². The van der Waals surface area contributed by atoms with Crippen molar-refractivity contribution in [1.29, 1.82) is 0 Å².